The van der Waals surface area contributed by atoms with Gasteiger partial charge in [-0.1, -0.05) is 6.07 Å². The molecular weight excluding hydrogens is 426 g/mol. The summed E-state index contributed by atoms with van der Waals surface area (Å²) in [4.78, 5) is 39.6. The van der Waals surface area contributed by atoms with Crippen LogP contribution in [0.5, 0.6) is 0 Å². The first kappa shape index (κ1) is 18.4. The summed E-state index contributed by atoms with van der Waals surface area (Å²) in [6.07, 6.45) is 6.10. The summed E-state index contributed by atoms with van der Waals surface area (Å²) in [5, 5.41) is 3.49. The summed E-state index contributed by atoms with van der Waals surface area (Å²) in [7, 11) is 0. The zero-order valence-electron chi connectivity index (χ0n) is 14.9. The van der Waals surface area contributed by atoms with Gasteiger partial charge >= 0.3 is 0 Å². The van der Waals surface area contributed by atoms with E-state index >= 15 is 0 Å². The van der Waals surface area contributed by atoms with Gasteiger partial charge in [0.25, 0.3) is 0 Å². The maximum Gasteiger partial charge on any atom is 0.248 e. The SMILES string of the molecule is Nc1cn(CC(=O)N2CCC[C@H]2C(=O)Nc2cccc(Br)n2)c2ncncc12. The Balaban J connectivity index is 1.49. The number of nitrogens with zero attached hydrogens (tertiary/aromatic N) is 5. The Morgan fingerprint density at radius 1 is 1.36 bits per heavy atom. The van der Waals surface area contributed by atoms with E-state index in [9.17, 15) is 9.59 Å². The van der Waals surface area contributed by atoms with E-state index in [4.69, 9.17) is 5.73 Å². The third-order valence-corrected chi connectivity index (χ3v) is 5.16. The molecule has 0 aliphatic carbocycles. The van der Waals surface area contributed by atoms with E-state index in [1.165, 1.54) is 6.33 Å². The van der Waals surface area contributed by atoms with Crippen molar-refractivity contribution in [2.24, 2.45) is 0 Å². The van der Waals surface area contributed by atoms with Gasteiger partial charge in [-0.2, -0.15) is 0 Å². The van der Waals surface area contributed by atoms with Crippen molar-refractivity contribution in [2.45, 2.75) is 25.4 Å². The van der Waals surface area contributed by atoms with Crippen LogP contribution in [-0.2, 0) is 16.1 Å². The molecule has 0 saturated carbocycles. The third-order valence-electron chi connectivity index (χ3n) is 4.72. The van der Waals surface area contributed by atoms with Crippen LogP contribution in [0.3, 0.4) is 0 Å². The molecule has 1 aliphatic heterocycles. The molecule has 10 heteroatoms. The molecule has 0 bridgehead atoms. The van der Waals surface area contributed by atoms with Crippen LogP contribution >= 0.6 is 15.9 Å². The van der Waals surface area contributed by atoms with Crippen LogP contribution in [-0.4, -0.2) is 48.8 Å². The quantitative estimate of drug-likeness (QED) is 0.593. The van der Waals surface area contributed by atoms with Crippen molar-refractivity contribution in [3.8, 4) is 0 Å². The highest BCUT2D eigenvalue weighted by molar-refractivity contribution is 9.10. The molecule has 9 nitrogen and oxygen atoms in total. The molecule has 4 heterocycles. The van der Waals surface area contributed by atoms with Crippen molar-refractivity contribution in [3.63, 3.8) is 0 Å². The highest BCUT2D eigenvalue weighted by atomic mass is 79.9. The van der Waals surface area contributed by atoms with Crippen molar-refractivity contribution in [1.82, 2.24) is 24.4 Å². The topological polar surface area (TPSA) is 119 Å². The van der Waals surface area contributed by atoms with E-state index in [1.807, 2.05) is 0 Å². The number of pyridine rings is 1. The molecule has 4 rings (SSSR count). The van der Waals surface area contributed by atoms with Crippen molar-refractivity contribution >= 4 is 50.3 Å². The lowest BCUT2D eigenvalue weighted by Gasteiger charge is -2.24. The van der Waals surface area contributed by atoms with Gasteiger partial charge in [-0.3, -0.25) is 9.59 Å². The molecule has 2 amide bonds. The van der Waals surface area contributed by atoms with Crippen molar-refractivity contribution in [1.29, 1.82) is 0 Å². The first-order chi connectivity index (χ1) is 13.5. The van der Waals surface area contributed by atoms with Gasteiger partial charge in [0.1, 0.15) is 35.0 Å². The monoisotopic (exact) mass is 443 g/mol. The number of nitrogens with one attached hydrogen (secondary N) is 1. The highest BCUT2D eigenvalue weighted by Gasteiger charge is 2.34. The van der Waals surface area contributed by atoms with Gasteiger partial charge in [0, 0.05) is 18.9 Å². The molecule has 28 heavy (non-hydrogen) atoms. The van der Waals surface area contributed by atoms with Gasteiger partial charge in [-0.25, -0.2) is 15.0 Å². The fourth-order valence-electron chi connectivity index (χ4n) is 3.44. The van der Waals surface area contributed by atoms with Crippen LogP contribution < -0.4 is 11.1 Å². The summed E-state index contributed by atoms with van der Waals surface area (Å²) in [5.41, 5.74) is 7.09. The highest BCUT2D eigenvalue weighted by Crippen LogP contribution is 2.23. The van der Waals surface area contributed by atoms with E-state index in [0.29, 0.717) is 40.1 Å². The first-order valence-corrected chi connectivity index (χ1v) is 9.59. The second-order valence-corrected chi connectivity index (χ2v) is 7.36. The Hall–Kier alpha value is -3.01. The summed E-state index contributed by atoms with van der Waals surface area (Å²) >= 11 is 3.28. The van der Waals surface area contributed by atoms with Crippen LogP contribution in [0.25, 0.3) is 11.0 Å². The Kier molecular flexibility index (Phi) is 4.95. The molecule has 0 radical (unpaired) electrons. The van der Waals surface area contributed by atoms with Gasteiger partial charge in [-0.05, 0) is 40.9 Å². The van der Waals surface area contributed by atoms with Crippen molar-refractivity contribution < 1.29 is 9.59 Å². The van der Waals surface area contributed by atoms with E-state index in [-0.39, 0.29) is 18.4 Å². The number of halogens is 1. The molecular formula is C18H18BrN7O2. The lowest BCUT2D eigenvalue weighted by Crippen LogP contribution is -2.44. The maximum atomic E-state index is 12.9. The minimum Gasteiger partial charge on any atom is -0.397 e. The van der Waals surface area contributed by atoms with Crippen molar-refractivity contribution in [3.05, 3.63) is 41.5 Å². The molecule has 0 unspecified atom stereocenters. The number of aromatic nitrogens is 4. The largest absolute Gasteiger partial charge is 0.397 e. The Labute approximate surface area is 169 Å². The number of rotatable bonds is 4. The summed E-state index contributed by atoms with van der Waals surface area (Å²) in [5.74, 6) is 0.0468. The summed E-state index contributed by atoms with van der Waals surface area (Å²) < 4.78 is 2.32. The molecule has 144 valence electrons. The predicted octanol–water partition coefficient (Wildman–Crippen LogP) is 1.80. The number of nitrogens with two attached hydrogens (primary N) is 1. The zero-order valence-corrected chi connectivity index (χ0v) is 16.5. The van der Waals surface area contributed by atoms with Gasteiger partial charge < -0.3 is 20.5 Å². The lowest BCUT2D eigenvalue weighted by atomic mass is 10.2. The van der Waals surface area contributed by atoms with E-state index in [2.05, 4.69) is 36.2 Å². The zero-order chi connectivity index (χ0) is 19.7. The predicted molar refractivity (Wildman–Crippen MR) is 107 cm³/mol. The first-order valence-electron chi connectivity index (χ1n) is 8.80. The fraction of sp³-hybridized carbons (Fsp3) is 0.278. The second kappa shape index (κ2) is 7.55. The molecule has 1 aliphatic rings. The molecule has 3 N–H and O–H groups in total. The minimum absolute atomic E-state index is 0.0592. The number of hydrogen-bond acceptors (Lipinski definition) is 6. The van der Waals surface area contributed by atoms with E-state index < -0.39 is 6.04 Å². The van der Waals surface area contributed by atoms with Crippen molar-refractivity contribution in [2.75, 3.05) is 17.6 Å². The maximum absolute atomic E-state index is 12.9. The summed E-state index contributed by atoms with van der Waals surface area (Å²) in [6, 6.07) is 4.74. The number of likely N-dealkylation sites (tertiary alicyclic amines) is 1. The van der Waals surface area contributed by atoms with Gasteiger partial charge in [0.05, 0.1) is 11.1 Å². The molecule has 1 saturated heterocycles. The number of carbonyl (C=O) groups excluding carboxylic acids is 2. The summed E-state index contributed by atoms with van der Waals surface area (Å²) in [6.45, 7) is 0.593. The van der Waals surface area contributed by atoms with Crippen LogP contribution in [0.4, 0.5) is 11.5 Å². The second-order valence-electron chi connectivity index (χ2n) is 6.55. The van der Waals surface area contributed by atoms with Crippen LogP contribution in [0.15, 0.2) is 41.5 Å². The average molecular weight is 444 g/mol. The number of carbonyl (C=O) groups is 2. The van der Waals surface area contributed by atoms with E-state index in [0.717, 1.165) is 6.42 Å². The number of anilines is 2. The number of hydrogen-bond donors (Lipinski definition) is 2. The number of amides is 2. The van der Waals surface area contributed by atoms with E-state index in [1.54, 1.807) is 40.1 Å². The standard InChI is InChI=1S/C18H18BrN7O2/c19-14-4-1-5-15(23-14)24-18(28)13-3-2-6-26(13)16(27)9-25-8-12(20)11-7-21-10-22-17(11)25/h1,4-5,7-8,10,13H,2-3,6,9,20H2,(H,23,24,28)/t13-/m0/s1. The van der Waals surface area contributed by atoms with Gasteiger partial charge in [0.2, 0.25) is 11.8 Å². The average Bonchev–Trinajstić information content (AvgIpc) is 3.28. The smallest absolute Gasteiger partial charge is 0.248 e. The van der Waals surface area contributed by atoms with Gasteiger partial charge in [0.15, 0.2) is 0 Å². The Bertz CT molecular complexity index is 1050. The van der Waals surface area contributed by atoms with Crippen LogP contribution in [0, 0.1) is 0 Å². The Morgan fingerprint density at radius 2 is 2.21 bits per heavy atom. The van der Waals surface area contributed by atoms with Crippen LogP contribution in [0.1, 0.15) is 12.8 Å². The molecule has 3 aromatic heterocycles. The molecule has 1 fully saturated rings. The van der Waals surface area contributed by atoms with Crippen LogP contribution in [0.2, 0.25) is 0 Å². The molecule has 1 atom stereocenters. The Morgan fingerprint density at radius 3 is 3.04 bits per heavy atom. The normalized spacial score (nSPS) is 16.5. The molecule has 3 aromatic rings. The number of fused-ring (bicyclic) bond motifs is 1. The fourth-order valence-corrected chi connectivity index (χ4v) is 3.78. The minimum atomic E-state index is -0.526. The third kappa shape index (κ3) is 3.55. The molecule has 0 spiro atoms. The lowest BCUT2D eigenvalue weighted by molar-refractivity contribution is -0.137. The number of nitrogen functional groups attached to an aromatic ring is 1. The van der Waals surface area contributed by atoms with Gasteiger partial charge in [-0.15, -0.1) is 0 Å². The molecule has 0 aromatic carbocycles.